The molecule has 0 bridgehead atoms. The number of rotatable bonds is 5. The van der Waals surface area contributed by atoms with Gasteiger partial charge in [-0.15, -0.1) is 0 Å². The summed E-state index contributed by atoms with van der Waals surface area (Å²) in [7, 11) is 0. The van der Waals surface area contributed by atoms with E-state index < -0.39 is 5.60 Å². The average Bonchev–Trinajstić information content (AvgIpc) is 2.98. The van der Waals surface area contributed by atoms with Crippen molar-refractivity contribution < 1.29 is 19.1 Å². The lowest BCUT2D eigenvalue weighted by atomic mass is 9.90. The Kier molecular flexibility index (Phi) is 5.53. The van der Waals surface area contributed by atoms with Crippen LogP contribution < -0.4 is 0 Å². The molecule has 2 amide bonds. The molecular formula is C21H28N2O4. The van der Waals surface area contributed by atoms with E-state index in [0.29, 0.717) is 43.6 Å². The number of ether oxygens (including phenoxy) is 1. The van der Waals surface area contributed by atoms with Crippen LogP contribution in [0.4, 0.5) is 4.79 Å². The highest BCUT2D eigenvalue weighted by Gasteiger charge is 2.48. The second-order valence-corrected chi connectivity index (χ2v) is 7.75. The summed E-state index contributed by atoms with van der Waals surface area (Å²) in [4.78, 5) is 40.3. The van der Waals surface area contributed by atoms with E-state index in [1.54, 1.807) is 29.2 Å². The molecule has 146 valence electrons. The molecule has 1 aromatic carbocycles. The number of benzene rings is 1. The minimum Gasteiger partial charge on any atom is -0.441 e. The molecule has 6 heteroatoms. The van der Waals surface area contributed by atoms with E-state index in [4.69, 9.17) is 4.74 Å². The molecule has 2 aliphatic heterocycles. The van der Waals surface area contributed by atoms with Gasteiger partial charge in [0, 0.05) is 43.1 Å². The average molecular weight is 372 g/mol. The van der Waals surface area contributed by atoms with Crippen LogP contribution in [0.2, 0.25) is 0 Å². The Bertz CT molecular complexity index is 737. The van der Waals surface area contributed by atoms with Gasteiger partial charge < -0.3 is 14.5 Å². The van der Waals surface area contributed by atoms with Crippen LogP contribution in [0.3, 0.4) is 0 Å². The standard InChI is InChI=1S/C21H28N2O4/c1-4-6-15(2)23-14-21(27-20(23)26)9-11-22(12-10-21)19(25)18-8-5-7-17(13-18)16(3)24/h5,7-8,13,15H,4,6,9-12,14H2,1-3H3/t15-/m1/s1. The van der Waals surface area contributed by atoms with Gasteiger partial charge in [-0.1, -0.05) is 25.5 Å². The third-order valence-corrected chi connectivity index (χ3v) is 5.71. The maximum Gasteiger partial charge on any atom is 0.410 e. The molecule has 2 fully saturated rings. The molecule has 2 aliphatic rings. The third kappa shape index (κ3) is 3.99. The first-order valence-corrected chi connectivity index (χ1v) is 9.75. The van der Waals surface area contributed by atoms with Gasteiger partial charge in [-0.05, 0) is 32.4 Å². The quantitative estimate of drug-likeness (QED) is 0.742. The van der Waals surface area contributed by atoms with Crippen molar-refractivity contribution in [3.8, 4) is 0 Å². The van der Waals surface area contributed by atoms with Gasteiger partial charge in [0.25, 0.3) is 5.91 Å². The van der Waals surface area contributed by atoms with Crippen LogP contribution in [-0.4, -0.2) is 58.9 Å². The molecule has 2 saturated heterocycles. The number of nitrogens with zero attached hydrogens (tertiary/aromatic N) is 2. The van der Waals surface area contributed by atoms with Crippen molar-refractivity contribution >= 4 is 17.8 Å². The van der Waals surface area contributed by atoms with Crippen LogP contribution in [0, 0.1) is 0 Å². The number of hydrogen-bond donors (Lipinski definition) is 0. The Balaban J connectivity index is 1.64. The lowest BCUT2D eigenvalue weighted by Crippen LogP contribution is -2.49. The largest absolute Gasteiger partial charge is 0.441 e. The fourth-order valence-corrected chi connectivity index (χ4v) is 3.99. The molecule has 1 aromatic rings. The van der Waals surface area contributed by atoms with Crippen molar-refractivity contribution in [1.29, 1.82) is 0 Å². The van der Waals surface area contributed by atoms with Crippen LogP contribution in [0.25, 0.3) is 0 Å². The zero-order valence-electron chi connectivity index (χ0n) is 16.4. The summed E-state index contributed by atoms with van der Waals surface area (Å²) in [5.41, 5.74) is 0.594. The third-order valence-electron chi connectivity index (χ3n) is 5.71. The van der Waals surface area contributed by atoms with E-state index in [-0.39, 0.29) is 23.8 Å². The van der Waals surface area contributed by atoms with Crippen molar-refractivity contribution in [3.05, 3.63) is 35.4 Å². The van der Waals surface area contributed by atoms with E-state index in [0.717, 1.165) is 12.8 Å². The van der Waals surface area contributed by atoms with Crippen LogP contribution >= 0.6 is 0 Å². The molecule has 0 N–H and O–H groups in total. The number of hydrogen-bond acceptors (Lipinski definition) is 4. The number of likely N-dealkylation sites (tertiary alicyclic amines) is 1. The smallest absolute Gasteiger partial charge is 0.410 e. The summed E-state index contributed by atoms with van der Waals surface area (Å²) in [5.74, 6) is -0.130. The monoisotopic (exact) mass is 372 g/mol. The lowest BCUT2D eigenvalue weighted by molar-refractivity contribution is 0.00306. The first kappa shape index (κ1) is 19.4. The lowest BCUT2D eigenvalue weighted by Gasteiger charge is -2.37. The molecule has 1 atom stereocenters. The highest BCUT2D eigenvalue weighted by molar-refractivity contribution is 5.99. The van der Waals surface area contributed by atoms with Gasteiger partial charge in [0.15, 0.2) is 5.78 Å². The second kappa shape index (κ2) is 7.71. The molecule has 0 radical (unpaired) electrons. The molecule has 0 aliphatic carbocycles. The number of carbonyl (C=O) groups excluding carboxylic acids is 3. The Morgan fingerprint density at radius 1 is 1.22 bits per heavy atom. The van der Waals surface area contributed by atoms with Gasteiger partial charge in [0.1, 0.15) is 5.60 Å². The van der Waals surface area contributed by atoms with Gasteiger partial charge in [0.05, 0.1) is 6.54 Å². The number of piperidine rings is 1. The van der Waals surface area contributed by atoms with Crippen molar-refractivity contribution in [2.24, 2.45) is 0 Å². The minimum atomic E-state index is -0.475. The summed E-state index contributed by atoms with van der Waals surface area (Å²) >= 11 is 0. The van der Waals surface area contributed by atoms with Crippen molar-refractivity contribution in [2.75, 3.05) is 19.6 Å². The summed E-state index contributed by atoms with van der Waals surface area (Å²) < 4.78 is 5.76. The normalized spacial score (nSPS) is 19.9. The first-order valence-electron chi connectivity index (χ1n) is 9.75. The molecule has 0 aromatic heterocycles. The van der Waals surface area contributed by atoms with E-state index in [1.807, 2.05) is 4.90 Å². The van der Waals surface area contributed by atoms with Gasteiger partial charge in [0.2, 0.25) is 0 Å². The molecule has 3 rings (SSSR count). The molecule has 0 saturated carbocycles. The first-order chi connectivity index (χ1) is 12.8. The summed E-state index contributed by atoms with van der Waals surface area (Å²) in [5, 5.41) is 0. The molecule has 27 heavy (non-hydrogen) atoms. The van der Waals surface area contributed by atoms with E-state index >= 15 is 0 Å². The summed E-state index contributed by atoms with van der Waals surface area (Å²) in [6, 6.07) is 7.02. The Morgan fingerprint density at radius 3 is 2.52 bits per heavy atom. The minimum absolute atomic E-state index is 0.0543. The Morgan fingerprint density at radius 2 is 1.89 bits per heavy atom. The topological polar surface area (TPSA) is 66.9 Å². The fraction of sp³-hybridized carbons (Fsp3) is 0.571. The number of ketones is 1. The molecule has 1 spiro atoms. The van der Waals surface area contributed by atoms with Gasteiger partial charge in [-0.3, -0.25) is 9.59 Å². The van der Waals surface area contributed by atoms with Gasteiger partial charge >= 0.3 is 6.09 Å². The van der Waals surface area contributed by atoms with Crippen LogP contribution in [-0.2, 0) is 4.74 Å². The fourth-order valence-electron chi connectivity index (χ4n) is 3.99. The predicted molar refractivity (Wildman–Crippen MR) is 102 cm³/mol. The molecule has 2 heterocycles. The highest BCUT2D eigenvalue weighted by Crippen LogP contribution is 2.35. The van der Waals surface area contributed by atoms with Crippen LogP contribution in [0.1, 0.15) is 67.2 Å². The molecular weight excluding hydrogens is 344 g/mol. The molecule has 6 nitrogen and oxygen atoms in total. The zero-order valence-corrected chi connectivity index (χ0v) is 16.4. The zero-order chi connectivity index (χ0) is 19.6. The predicted octanol–water partition coefficient (Wildman–Crippen LogP) is 3.50. The van der Waals surface area contributed by atoms with Crippen LogP contribution in [0.5, 0.6) is 0 Å². The maximum atomic E-state index is 12.8. The van der Waals surface area contributed by atoms with Crippen molar-refractivity contribution in [1.82, 2.24) is 9.80 Å². The van der Waals surface area contributed by atoms with E-state index in [2.05, 4.69) is 13.8 Å². The number of amides is 2. The van der Waals surface area contributed by atoms with Gasteiger partial charge in [-0.25, -0.2) is 4.79 Å². The van der Waals surface area contributed by atoms with E-state index in [1.165, 1.54) is 6.92 Å². The second-order valence-electron chi connectivity index (χ2n) is 7.75. The number of Topliss-reactive ketones (excluding diaryl/α,β-unsaturated/α-hetero) is 1. The molecule has 0 unspecified atom stereocenters. The van der Waals surface area contributed by atoms with Crippen LogP contribution in [0.15, 0.2) is 24.3 Å². The van der Waals surface area contributed by atoms with E-state index in [9.17, 15) is 14.4 Å². The summed E-state index contributed by atoms with van der Waals surface area (Å²) in [6.45, 7) is 7.37. The van der Waals surface area contributed by atoms with Crippen molar-refractivity contribution in [3.63, 3.8) is 0 Å². The summed E-state index contributed by atoms with van der Waals surface area (Å²) in [6.07, 6.45) is 3.05. The highest BCUT2D eigenvalue weighted by atomic mass is 16.6. The Hall–Kier alpha value is -2.37. The Labute approximate surface area is 160 Å². The van der Waals surface area contributed by atoms with Crippen molar-refractivity contribution in [2.45, 2.75) is 58.1 Å². The SMILES string of the molecule is CCC[C@@H](C)N1CC2(CCN(C(=O)c3cccc(C(C)=O)c3)CC2)OC1=O. The number of carbonyl (C=O) groups is 3. The van der Waals surface area contributed by atoms with Gasteiger partial charge in [-0.2, -0.15) is 0 Å². The maximum absolute atomic E-state index is 12.8.